The Morgan fingerprint density at radius 1 is 1.44 bits per heavy atom. The van der Waals surface area contributed by atoms with E-state index in [9.17, 15) is 4.79 Å². The fraction of sp³-hybridized carbons (Fsp3) is 0.571. The van der Waals surface area contributed by atoms with Crippen molar-refractivity contribution in [3.05, 3.63) is 28.5 Å². The number of ether oxygens (including phenoxy) is 1. The Labute approximate surface area is 114 Å². The van der Waals surface area contributed by atoms with Crippen molar-refractivity contribution in [2.24, 2.45) is 0 Å². The smallest absolute Gasteiger partial charge is 0.357 e. The Hall–Kier alpha value is -1.09. The molecule has 0 aliphatic heterocycles. The average Bonchev–Trinajstić information content (AvgIpc) is 2.30. The molecule has 0 aliphatic carbocycles. The Morgan fingerprint density at radius 3 is 2.78 bits per heavy atom. The van der Waals surface area contributed by atoms with Crippen LogP contribution in [0.2, 0.25) is 5.02 Å². The number of carbonyl (C=O) groups is 1. The first kappa shape index (κ1) is 15.0. The Morgan fingerprint density at radius 2 is 2.17 bits per heavy atom. The van der Waals surface area contributed by atoms with Gasteiger partial charge in [0.05, 0.1) is 6.10 Å². The molecule has 0 fully saturated rings. The maximum absolute atomic E-state index is 11.9. The lowest BCUT2D eigenvalue weighted by atomic mass is 10.1. The summed E-state index contributed by atoms with van der Waals surface area (Å²) in [6.45, 7) is 5.77. The second kappa shape index (κ2) is 7.37. The van der Waals surface area contributed by atoms with Gasteiger partial charge >= 0.3 is 5.97 Å². The van der Waals surface area contributed by atoms with Crippen molar-refractivity contribution in [2.75, 3.05) is 0 Å². The third kappa shape index (κ3) is 4.30. The van der Waals surface area contributed by atoms with Gasteiger partial charge in [0.2, 0.25) is 0 Å². The summed E-state index contributed by atoms with van der Waals surface area (Å²) < 4.78 is 5.18. The van der Waals surface area contributed by atoms with Gasteiger partial charge in [-0.1, -0.05) is 31.4 Å². The summed E-state index contributed by atoms with van der Waals surface area (Å²) >= 11 is 6.14. The van der Waals surface area contributed by atoms with Crippen LogP contribution in [0.1, 0.15) is 56.1 Å². The van der Waals surface area contributed by atoms with E-state index in [2.05, 4.69) is 11.9 Å². The highest BCUT2D eigenvalue weighted by atomic mass is 35.5. The van der Waals surface area contributed by atoms with Crippen LogP contribution >= 0.6 is 11.6 Å². The van der Waals surface area contributed by atoms with Crippen LogP contribution in [-0.4, -0.2) is 17.1 Å². The largest absolute Gasteiger partial charge is 0.458 e. The number of pyridine rings is 1. The molecule has 0 saturated carbocycles. The summed E-state index contributed by atoms with van der Waals surface area (Å²) in [5.74, 6) is -0.390. The van der Waals surface area contributed by atoms with Crippen molar-refractivity contribution >= 4 is 17.6 Å². The number of hydrogen-bond donors (Lipinski definition) is 0. The van der Waals surface area contributed by atoms with E-state index in [1.54, 1.807) is 12.3 Å². The van der Waals surface area contributed by atoms with Gasteiger partial charge in [-0.05, 0) is 32.8 Å². The first-order valence-corrected chi connectivity index (χ1v) is 6.78. The maximum Gasteiger partial charge on any atom is 0.357 e. The molecule has 0 unspecified atom stereocenters. The summed E-state index contributed by atoms with van der Waals surface area (Å²) in [5.41, 5.74) is 1.16. The molecule has 0 aromatic carbocycles. The zero-order valence-corrected chi connectivity index (χ0v) is 12.0. The summed E-state index contributed by atoms with van der Waals surface area (Å²) in [6.07, 6.45) is 5.41. The summed E-state index contributed by atoms with van der Waals surface area (Å²) in [6, 6.07) is 1.72. The molecule has 100 valence electrons. The molecule has 0 spiro atoms. The number of aromatic nitrogens is 1. The molecular weight excluding hydrogens is 250 g/mol. The normalized spacial score (nSPS) is 10.7. The highest BCUT2D eigenvalue weighted by Gasteiger charge is 2.17. The third-order valence-electron chi connectivity index (χ3n) is 2.57. The second-order valence-electron chi connectivity index (χ2n) is 4.53. The van der Waals surface area contributed by atoms with Crippen LogP contribution in [0.25, 0.3) is 0 Å². The van der Waals surface area contributed by atoms with E-state index >= 15 is 0 Å². The summed E-state index contributed by atoms with van der Waals surface area (Å²) in [5, 5.41) is 0.594. The van der Waals surface area contributed by atoms with Crippen LogP contribution in [0.4, 0.5) is 0 Å². The molecule has 3 nitrogen and oxygen atoms in total. The van der Waals surface area contributed by atoms with Crippen molar-refractivity contribution in [3.8, 4) is 0 Å². The molecule has 1 aromatic rings. The molecule has 1 heterocycles. The van der Waals surface area contributed by atoms with Gasteiger partial charge < -0.3 is 4.74 Å². The fourth-order valence-electron chi connectivity index (χ4n) is 1.70. The number of esters is 1. The van der Waals surface area contributed by atoms with E-state index in [1.807, 2.05) is 13.8 Å². The standard InChI is InChI=1S/C14H20ClNO2/c1-4-5-6-7-11-12(15)8-9-16-13(11)14(17)18-10(2)3/h8-10H,4-7H2,1-3H3. The van der Waals surface area contributed by atoms with Gasteiger partial charge in [-0.25, -0.2) is 9.78 Å². The lowest BCUT2D eigenvalue weighted by Crippen LogP contribution is -2.15. The molecule has 0 atom stereocenters. The molecule has 1 aromatic heterocycles. The van der Waals surface area contributed by atoms with Gasteiger partial charge in [-0.3, -0.25) is 0 Å². The topological polar surface area (TPSA) is 39.2 Å². The second-order valence-corrected chi connectivity index (χ2v) is 4.94. The quantitative estimate of drug-likeness (QED) is 0.578. The van der Waals surface area contributed by atoms with Crippen molar-refractivity contribution in [3.63, 3.8) is 0 Å². The van der Waals surface area contributed by atoms with E-state index in [0.29, 0.717) is 10.7 Å². The number of unbranched alkanes of at least 4 members (excludes halogenated alkanes) is 2. The minimum Gasteiger partial charge on any atom is -0.458 e. The number of rotatable bonds is 6. The van der Waals surface area contributed by atoms with Gasteiger partial charge in [0.1, 0.15) is 0 Å². The van der Waals surface area contributed by atoms with Crippen LogP contribution in [0.5, 0.6) is 0 Å². The predicted molar refractivity (Wildman–Crippen MR) is 73.0 cm³/mol. The summed E-state index contributed by atoms with van der Waals surface area (Å²) in [7, 11) is 0. The van der Waals surface area contributed by atoms with Crippen molar-refractivity contribution < 1.29 is 9.53 Å². The molecule has 18 heavy (non-hydrogen) atoms. The van der Waals surface area contributed by atoms with Crippen molar-refractivity contribution in [2.45, 2.75) is 52.6 Å². The zero-order valence-electron chi connectivity index (χ0n) is 11.2. The number of hydrogen-bond acceptors (Lipinski definition) is 3. The van der Waals surface area contributed by atoms with E-state index in [1.165, 1.54) is 0 Å². The first-order chi connectivity index (χ1) is 8.56. The van der Waals surface area contributed by atoms with Crippen molar-refractivity contribution in [1.82, 2.24) is 4.98 Å². The predicted octanol–water partition coefficient (Wildman–Crippen LogP) is 4.03. The molecule has 0 radical (unpaired) electrons. The maximum atomic E-state index is 11.9. The number of carbonyl (C=O) groups excluding carboxylic acids is 1. The highest BCUT2D eigenvalue weighted by molar-refractivity contribution is 6.31. The molecule has 0 saturated heterocycles. The van der Waals surface area contributed by atoms with Gasteiger partial charge in [-0.15, -0.1) is 0 Å². The molecule has 0 aliphatic rings. The lowest BCUT2D eigenvalue weighted by Gasteiger charge is -2.12. The monoisotopic (exact) mass is 269 g/mol. The zero-order chi connectivity index (χ0) is 13.5. The fourth-order valence-corrected chi connectivity index (χ4v) is 1.94. The Kier molecular flexibility index (Phi) is 6.13. The van der Waals surface area contributed by atoms with Gasteiger partial charge in [-0.2, -0.15) is 0 Å². The first-order valence-electron chi connectivity index (χ1n) is 6.40. The minimum absolute atomic E-state index is 0.151. The van der Waals surface area contributed by atoms with Crippen molar-refractivity contribution in [1.29, 1.82) is 0 Å². The van der Waals surface area contributed by atoms with Crippen LogP contribution in [-0.2, 0) is 11.2 Å². The van der Waals surface area contributed by atoms with Gasteiger partial charge in [0.15, 0.2) is 5.69 Å². The number of halogens is 1. The summed E-state index contributed by atoms with van der Waals surface area (Å²) in [4.78, 5) is 16.0. The van der Waals surface area contributed by atoms with Crippen LogP contribution < -0.4 is 0 Å². The average molecular weight is 270 g/mol. The van der Waals surface area contributed by atoms with E-state index in [0.717, 1.165) is 31.2 Å². The van der Waals surface area contributed by atoms with Crippen LogP contribution in [0.15, 0.2) is 12.3 Å². The van der Waals surface area contributed by atoms with Gasteiger partial charge in [0, 0.05) is 16.8 Å². The van der Waals surface area contributed by atoms with Gasteiger partial charge in [0.25, 0.3) is 0 Å². The molecule has 0 N–H and O–H groups in total. The molecule has 1 rings (SSSR count). The molecule has 4 heteroatoms. The van der Waals surface area contributed by atoms with Crippen LogP contribution in [0.3, 0.4) is 0 Å². The van der Waals surface area contributed by atoms with E-state index < -0.39 is 0 Å². The SMILES string of the molecule is CCCCCc1c(Cl)ccnc1C(=O)OC(C)C. The Balaban J connectivity index is 2.89. The van der Waals surface area contributed by atoms with E-state index in [-0.39, 0.29) is 12.1 Å². The number of nitrogens with zero attached hydrogens (tertiary/aromatic N) is 1. The minimum atomic E-state index is -0.390. The third-order valence-corrected chi connectivity index (χ3v) is 2.92. The molecule has 0 amide bonds. The van der Waals surface area contributed by atoms with E-state index in [4.69, 9.17) is 16.3 Å². The van der Waals surface area contributed by atoms with Crippen LogP contribution in [0, 0.1) is 0 Å². The lowest BCUT2D eigenvalue weighted by molar-refractivity contribution is 0.0369. The molecular formula is C14H20ClNO2. The Bertz CT molecular complexity index is 405. The highest BCUT2D eigenvalue weighted by Crippen LogP contribution is 2.21. The molecule has 0 bridgehead atoms.